The van der Waals surface area contributed by atoms with E-state index in [1.807, 2.05) is 4.90 Å². The van der Waals surface area contributed by atoms with Crippen molar-refractivity contribution in [1.82, 2.24) is 15.1 Å². The number of halogens is 2. The van der Waals surface area contributed by atoms with Gasteiger partial charge in [0, 0.05) is 36.3 Å². The summed E-state index contributed by atoms with van der Waals surface area (Å²) < 4.78 is 14.0. The Labute approximate surface area is 139 Å². The van der Waals surface area contributed by atoms with Crippen molar-refractivity contribution in [1.29, 1.82) is 0 Å². The highest BCUT2D eigenvalue weighted by molar-refractivity contribution is 6.31. The lowest BCUT2D eigenvalue weighted by Crippen LogP contribution is -2.52. The monoisotopic (exact) mass is 339 g/mol. The zero-order valence-corrected chi connectivity index (χ0v) is 13.5. The molecule has 1 saturated carbocycles. The first-order valence-corrected chi connectivity index (χ1v) is 8.14. The molecule has 1 aliphatic heterocycles. The second kappa shape index (κ2) is 6.84. The van der Waals surface area contributed by atoms with Crippen molar-refractivity contribution in [2.45, 2.75) is 25.4 Å². The Morgan fingerprint density at radius 3 is 2.87 bits per heavy atom. The maximum absolute atomic E-state index is 14.0. The Morgan fingerprint density at radius 2 is 2.22 bits per heavy atom. The number of nitrogens with zero attached hydrogens (tertiary/aromatic N) is 2. The molecule has 1 aromatic rings. The van der Waals surface area contributed by atoms with E-state index in [2.05, 4.69) is 5.32 Å². The fourth-order valence-electron chi connectivity index (χ4n) is 2.77. The third-order valence-electron chi connectivity index (χ3n) is 4.22. The van der Waals surface area contributed by atoms with E-state index in [0.717, 1.165) is 12.8 Å². The van der Waals surface area contributed by atoms with E-state index in [1.54, 1.807) is 17.0 Å². The lowest BCUT2D eigenvalue weighted by Gasteiger charge is -2.30. The molecule has 1 saturated heterocycles. The predicted octanol–water partition coefficient (Wildman–Crippen LogP) is 1.40. The van der Waals surface area contributed by atoms with Crippen molar-refractivity contribution in [3.8, 4) is 0 Å². The largest absolute Gasteiger partial charge is 0.353 e. The molecule has 7 heteroatoms. The van der Waals surface area contributed by atoms with Crippen LogP contribution in [0.4, 0.5) is 4.39 Å². The zero-order chi connectivity index (χ0) is 16.4. The normalized spacial score (nSPS) is 18.2. The van der Waals surface area contributed by atoms with E-state index >= 15 is 0 Å². The van der Waals surface area contributed by atoms with Gasteiger partial charge in [-0.3, -0.25) is 14.5 Å². The number of hydrogen-bond donors (Lipinski definition) is 1. The Kier molecular flexibility index (Phi) is 4.82. The first-order valence-electron chi connectivity index (χ1n) is 7.76. The number of piperazine rings is 1. The molecule has 1 N–H and O–H groups in total. The van der Waals surface area contributed by atoms with Gasteiger partial charge in [-0.05, 0) is 25.0 Å². The number of nitrogens with one attached hydrogen (secondary N) is 1. The fourth-order valence-corrected chi connectivity index (χ4v) is 2.99. The quantitative estimate of drug-likeness (QED) is 0.882. The third-order valence-corrected chi connectivity index (χ3v) is 4.57. The highest BCUT2D eigenvalue weighted by atomic mass is 35.5. The van der Waals surface area contributed by atoms with Gasteiger partial charge in [-0.1, -0.05) is 17.7 Å². The van der Waals surface area contributed by atoms with E-state index in [4.69, 9.17) is 11.6 Å². The van der Waals surface area contributed by atoms with Crippen molar-refractivity contribution in [2.24, 2.45) is 0 Å². The number of hydrogen-bond acceptors (Lipinski definition) is 3. The molecule has 0 atom stereocenters. The summed E-state index contributed by atoms with van der Waals surface area (Å²) in [5.41, 5.74) is 0.422. The third kappa shape index (κ3) is 4.00. The van der Waals surface area contributed by atoms with Gasteiger partial charge >= 0.3 is 0 Å². The van der Waals surface area contributed by atoms with Crippen LogP contribution in [0, 0.1) is 5.82 Å². The van der Waals surface area contributed by atoms with Crippen LogP contribution in [0.2, 0.25) is 5.02 Å². The molecule has 2 aliphatic rings. The molecule has 1 heterocycles. The fraction of sp³-hybridized carbons (Fsp3) is 0.500. The van der Waals surface area contributed by atoms with Gasteiger partial charge in [0.2, 0.25) is 11.8 Å². The Hall–Kier alpha value is -1.66. The molecule has 124 valence electrons. The topological polar surface area (TPSA) is 52.7 Å². The molecule has 0 aromatic heterocycles. The summed E-state index contributed by atoms with van der Waals surface area (Å²) in [5.74, 6) is -0.591. The summed E-state index contributed by atoms with van der Waals surface area (Å²) >= 11 is 6.09. The molecule has 0 spiro atoms. The molecule has 23 heavy (non-hydrogen) atoms. The van der Waals surface area contributed by atoms with E-state index < -0.39 is 0 Å². The van der Waals surface area contributed by atoms with Crippen LogP contribution >= 0.6 is 11.6 Å². The molecule has 1 aliphatic carbocycles. The SMILES string of the molecule is O=C1CN(C(=O)CN(Cc2c(F)cccc2Cl)C2CC2)CCN1. The van der Waals surface area contributed by atoms with Crippen molar-refractivity contribution >= 4 is 23.4 Å². The lowest BCUT2D eigenvalue weighted by atomic mass is 10.2. The number of carbonyl (C=O) groups excluding carboxylic acids is 2. The highest BCUT2D eigenvalue weighted by Gasteiger charge is 2.33. The van der Waals surface area contributed by atoms with Crippen LogP contribution in [0.3, 0.4) is 0 Å². The average molecular weight is 340 g/mol. The number of rotatable bonds is 5. The minimum Gasteiger partial charge on any atom is -0.353 e. The standard InChI is InChI=1S/C16H19ClFN3O2/c17-13-2-1-3-14(18)12(13)8-21(11-4-5-11)10-16(23)20-7-6-19-15(22)9-20/h1-3,11H,4-10H2,(H,19,22). The molecular weight excluding hydrogens is 321 g/mol. The number of carbonyl (C=O) groups is 2. The van der Waals surface area contributed by atoms with Gasteiger partial charge in [0.25, 0.3) is 0 Å². The minimum absolute atomic E-state index is 0.0950. The van der Waals surface area contributed by atoms with E-state index in [0.29, 0.717) is 30.2 Å². The lowest BCUT2D eigenvalue weighted by molar-refractivity contribution is -0.139. The van der Waals surface area contributed by atoms with Crippen LogP contribution in [-0.4, -0.2) is 53.8 Å². The van der Waals surface area contributed by atoms with Gasteiger partial charge < -0.3 is 10.2 Å². The summed E-state index contributed by atoms with van der Waals surface area (Å²) in [7, 11) is 0. The summed E-state index contributed by atoms with van der Waals surface area (Å²) in [6.45, 7) is 1.58. The van der Waals surface area contributed by atoms with Crippen molar-refractivity contribution < 1.29 is 14.0 Å². The summed E-state index contributed by atoms with van der Waals surface area (Å²) in [4.78, 5) is 27.3. The van der Waals surface area contributed by atoms with Crippen LogP contribution in [0.15, 0.2) is 18.2 Å². The van der Waals surface area contributed by atoms with Crippen LogP contribution < -0.4 is 5.32 Å². The summed E-state index contributed by atoms with van der Waals surface area (Å²) in [6, 6.07) is 4.89. The van der Waals surface area contributed by atoms with Crippen molar-refractivity contribution in [3.05, 3.63) is 34.6 Å². The second-order valence-corrected chi connectivity index (χ2v) is 6.41. The smallest absolute Gasteiger partial charge is 0.239 e. The minimum atomic E-state index is -0.354. The molecule has 1 aromatic carbocycles. The van der Waals surface area contributed by atoms with Crippen LogP contribution in [0.5, 0.6) is 0 Å². The van der Waals surface area contributed by atoms with Crippen molar-refractivity contribution in [3.63, 3.8) is 0 Å². The molecule has 0 radical (unpaired) electrons. The van der Waals surface area contributed by atoms with Crippen molar-refractivity contribution in [2.75, 3.05) is 26.2 Å². The Balaban J connectivity index is 1.67. The Morgan fingerprint density at radius 1 is 1.43 bits per heavy atom. The van der Waals surface area contributed by atoms with E-state index in [-0.39, 0.29) is 36.8 Å². The van der Waals surface area contributed by atoms with Gasteiger partial charge in [-0.2, -0.15) is 0 Å². The first-order chi connectivity index (χ1) is 11.0. The molecule has 2 amide bonds. The van der Waals surface area contributed by atoms with Crippen LogP contribution in [0.1, 0.15) is 18.4 Å². The predicted molar refractivity (Wildman–Crippen MR) is 84.4 cm³/mol. The summed E-state index contributed by atoms with van der Waals surface area (Å²) in [6.07, 6.45) is 2.00. The Bertz CT molecular complexity index is 601. The molecular formula is C16H19ClFN3O2. The van der Waals surface area contributed by atoms with Gasteiger partial charge in [-0.25, -0.2) is 4.39 Å². The number of benzene rings is 1. The van der Waals surface area contributed by atoms with Gasteiger partial charge in [0.15, 0.2) is 0 Å². The number of amides is 2. The van der Waals surface area contributed by atoms with Gasteiger partial charge in [0.05, 0.1) is 13.1 Å². The summed E-state index contributed by atoms with van der Waals surface area (Å²) in [5, 5.41) is 3.07. The molecule has 5 nitrogen and oxygen atoms in total. The first kappa shape index (κ1) is 16.2. The molecule has 2 fully saturated rings. The molecule has 0 unspecified atom stereocenters. The van der Waals surface area contributed by atoms with Gasteiger partial charge in [-0.15, -0.1) is 0 Å². The average Bonchev–Trinajstić information content (AvgIpc) is 3.34. The van der Waals surface area contributed by atoms with E-state index in [9.17, 15) is 14.0 Å². The zero-order valence-electron chi connectivity index (χ0n) is 12.7. The van der Waals surface area contributed by atoms with Crippen LogP contribution in [0.25, 0.3) is 0 Å². The van der Waals surface area contributed by atoms with E-state index in [1.165, 1.54) is 6.07 Å². The second-order valence-electron chi connectivity index (χ2n) is 6.00. The van der Waals surface area contributed by atoms with Gasteiger partial charge in [0.1, 0.15) is 5.82 Å². The highest BCUT2D eigenvalue weighted by Crippen LogP contribution is 2.30. The molecule has 0 bridgehead atoms. The maximum atomic E-state index is 14.0. The maximum Gasteiger partial charge on any atom is 0.239 e. The van der Waals surface area contributed by atoms with Crippen LogP contribution in [-0.2, 0) is 16.1 Å². The molecule has 3 rings (SSSR count).